The molecular formula is C16H12F2N2O2S. The fourth-order valence-corrected chi connectivity index (χ4v) is 3.08. The van der Waals surface area contributed by atoms with Gasteiger partial charge in [-0.25, -0.2) is 13.8 Å². The number of aromatic nitrogens is 1. The standard InChI is InChI=1S/C16H12F2N2O2S/c1-8-3-6-12(22-2)13-14(8)23-16(19-13)20-15(21)9-4-5-10(17)11(18)7-9/h3-7H,1-2H3,(H,19,20,21). The molecule has 7 heteroatoms. The highest BCUT2D eigenvalue weighted by atomic mass is 32.1. The van der Waals surface area contributed by atoms with E-state index in [1.165, 1.54) is 17.4 Å². The molecule has 3 aromatic rings. The first-order valence-electron chi connectivity index (χ1n) is 6.70. The molecule has 0 spiro atoms. The molecule has 118 valence electrons. The SMILES string of the molecule is COc1ccc(C)c2sc(NC(=O)c3ccc(F)c(F)c3)nc12. The number of hydrogen-bond acceptors (Lipinski definition) is 4. The number of ether oxygens (including phenoxy) is 1. The van der Waals surface area contributed by atoms with Crippen LogP contribution in [0.5, 0.6) is 5.75 Å². The van der Waals surface area contributed by atoms with Gasteiger partial charge in [0.25, 0.3) is 5.91 Å². The quantitative estimate of drug-likeness (QED) is 0.783. The number of aryl methyl sites for hydroxylation is 1. The third kappa shape index (κ3) is 2.87. The van der Waals surface area contributed by atoms with Gasteiger partial charge in [0, 0.05) is 5.56 Å². The van der Waals surface area contributed by atoms with Crippen LogP contribution < -0.4 is 10.1 Å². The van der Waals surface area contributed by atoms with E-state index in [9.17, 15) is 13.6 Å². The molecule has 0 fully saturated rings. The van der Waals surface area contributed by atoms with Crippen LogP contribution in [-0.2, 0) is 0 Å². The summed E-state index contributed by atoms with van der Waals surface area (Å²) in [7, 11) is 1.54. The summed E-state index contributed by atoms with van der Waals surface area (Å²) in [5.74, 6) is -2.02. The number of nitrogens with zero attached hydrogens (tertiary/aromatic N) is 1. The van der Waals surface area contributed by atoms with E-state index in [1.54, 1.807) is 13.2 Å². The zero-order valence-corrected chi connectivity index (χ0v) is 13.1. The average molecular weight is 334 g/mol. The molecule has 1 heterocycles. The van der Waals surface area contributed by atoms with Gasteiger partial charge in [0.2, 0.25) is 0 Å². The minimum atomic E-state index is -1.07. The molecule has 0 bridgehead atoms. The van der Waals surface area contributed by atoms with Gasteiger partial charge in [0.05, 0.1) is 11.8 Å². The van der Waals surface area contributed by atoms with Crippen molar-refractivity contribution >= 4 is 32.6 Å². The Morgan fingerprint density at radius 3 is 2.70 bits per heavy atom. The maximum atomic E-state index is 13.2. The van der Waals surface area contributed by atoms with Gasteiger partial charge in [-0.2, -0.15) is 0 Å². The van der Waals surface area contributed by atoms with E-state index in [4.69, 9.17) is 4.74 Å². The lowest BCUT2D eigenvalue weighted by molar-refractivity contribution is 0.102. The molecule has 2 aromatic carbocycles. The highest BCUT2D eigenvalue weighted by Crippen LogP contribution is 2.34. The molecule has 3 rings (SSSR count). The van der Waals surface area contributed by atoms with Gasteiger partial charge in [0.15, 0.2) is 16.8 Å². The number of hydrogen-bond donors (Lipinski definition) is 1. The second-order valence-electron chi connectivity index (χ2n) is 4.86. The maximum Gasteiger partial charge on any atom is 0.257 e. The fraction of sp³-hybridized carbons (Fsp3) is 0.125. The number of fused-ring (bicyclic) bond motifs is 1. The second-order valence-corrected chi connectivity index (χ2v) is 5.86. The minimum Gasteiger partial charge on any atom is -0.494 e. The largest absolute Gasteiger partial charge is 0.494 e. The normalized spacial score (nSPS) is 10.8. The molecule has 0 saturated heterocycles. The van der Waals surface area contributed by atoms with Crippen molar-refractivity contribution in [2.45, 2.75) is 6.92 Å². The molecular weight excluding hydrogens is 322 g/mol. The molecule has 4 nitrogen and oxygen atoms in total. The lowest BCUT2D eigenvalue weighted by atomic mass is 10.2. The van der Waals surface area contributed by atoms with Crippen LogP contribution in [0.25, 0.3) is 10.2 Å². The maximum absolute atomic E-state index is 13.2. The smallest absolute Gasteiger partial charge is 0.257 e. The minimum absolute atomic E-state index is 0.0202. The Bertz CT molecular complexity index is 908. The number of carbonyl (C=O) groups is 1. The number of carbonyl (C=O) groups excluding carboxylic acids is 1. The van der Waals surface area contributed by atoms with E-state index in [-0.39, 0.29) is 5.56 Å². The van der Waals surface area contributed by atoms with Crippen LogP contribution in [0, 0.1) is 18.6 Å². The summed E-state index contributed by atoms with van der Waals surface area (Å²) in [5, 5.41) is 2.96. The number of anilines is 1. The van der Waals surface area contributed by atoms with Crippen LogP contribution in [-0.4, -0.2) is 18.0 Å². The lowest BCUT2D eigenvalue weighted by Crippen LogP contribution is -2.12. The first-order chi connectivity index (χ1) is 11.0. The molecule has 1 amide bonds. The Morgan fingerprint density at radius 1 is 1.22 bits per heavy atom. The van der Waals surface area contributed by atoms with Crippen LogP contribution in [0.15, 0.2) is 30.3 Å². The van der Waals surface area contributed by atoms with Gasteiger partial charge >= 0.3 is 0 Å². The van der Waals surface area contributed by atoms with Crippen LogP contribution in [0.3, 0.4) is 0 Å². The Balaban J connectivity index is 1.93. The Kier molecular flexibility index (Phi) is 3.96. The molecule has 0 aliphatic rings. The number of thiazole rings is 1. The first-order valence-corrected chi connectivity index (χ1v) is 7.52. The molecule has 0 unspecified atom stereocenters. The second kappa shape index (κ2) is 5.92. The molecule has 23 heavy (non-hydrogen) atoms. The average Bonchev–Trinajstić information content (AvgIpc) is 2.95. The number of rotatable bonds is 3. The third-order valence-corrected chi connectivity index (χ3v) is 4.43. The highest BCUT2D eigenvalue weighted by molar-refractivity contribution is 7.22. The molecule has 0 aliphatic carbocycles. The van der Waals surface area contributed by atoms with Gasteiger partial charge in [-0.05, 0) is 36.8 Å². The number of amides is 1. The van der Waals surface area contributed by atoms with E-state index < -0.39 is 17.5 Å². The summed E-state index contributed by atoms with van der Waals surface area (Å²) in [6, 6.07) is 6.69. The van der Waals surface area contributed by atoms with Crippen LogP contribution in [0.1, 0.15) is 15.9 Å². The first kappa shape index (κ1) is 15.4. The number of nitrogens with one attached hydrogen (secondary N) is 1. The van der Waals surface area contributed by atoms with Crippen LogP contribution >= 0.6 is 11.3 Å². The number of halogens is 2. The van der Waals surface area contributed by atoms with Crippen molar-refractivity contribution in [1.82, 2.24) is 4.98 Å². The summed E-state index contributed by atoms with van der Waals surface area (Å²) >= 11 is 1.29. The van der Waals surface area contributed by atoms with E-state index >= 15 is 0 Å². The van der Waals surface area contributed by atoms with E-state index in [1.807, 2.05) is 13.0 Å². The summed E-state index contributed by atoms with van der Waals surface area (Å²) in [5.41, 5.74) is 1.68. The molecule has 0 aliphatic heterocycles. The predicted molar refractivity (Wildman–Crippen MR) is 85.2 cm³/mol. The summed E-state index contributed by atoms with van der Waals surface area (Å²) < 4.78 is 32.3. The summed E-state index contributed by atoms with van der Waals surface area (Å²) in [6.07, 6.45) is 0. The van der Waals surface area contributed by atoms with E-state index in [2.05, 4.69) is 10.3 Å². The Hall–Kier alpha value is -2.54. The molecule has 0 radical (unpaired) electrons. The van der Waals surface area contributed by atoms with Gasteiger partial charge in [-0.15, -0.1) is 0 Å². The third-order valence-electron chi connectivity index (χ3n) is 3.33. The topological polar surface area (TPSA) is 51.2 Å². The zero-order valence-electron chi connectivity index (χ0n) is 12.3. The summed E-state index contributed by atoms with van der Waals surface area (Å²) in [6.45, 7) is 1.93. The molecule has 0 saturated carbocycles. The van der Waals surface area contributed by atoms with Crippen molar-refractivity contribution in [3.8, 4) is 5.75 Å². The predicted octanol–water partition coefficient (Wildman–Crippen LogP) is 4.14. The van der Waals surface area contributed by atoms with Gasteiger partial charge < -0.3 is 4.74 Å². The Morgan fingerprint density at radius 2 is 2.00 bits per heavy atom. The molecule has 0 atom stereocenters. The van der Waals surface area contributed by atoms with Crippen molar-refractivity contribution < 1.29 is 18.3 Å². The van der Waals surface area contributed by atoms with Crippen LogP contribution in [0.4, 0.5) is 13.9 Å². The molecule has 1 aromatic heterocycles. The zero-order chi connectivity index (χ0) is 16.6. The summed E-state index contributed by atoms with van der Waals surface area (Å²) in [4.78, 5) is 16.5. The van der Waals surface area contributed by atoms with E-state index in [0.717, 1.165) is 22.4 Å². The van der Waals surface area contributed by atoms with Crippen molar-refractivity contribution in [3.05, 3.63) is 53.1 Å². The van der Waals surface area contributed by atoms with Crippen LogP contribution in [0.2, 0.25) is 0 Å². The lowest BCUT2D eigenvalue weighted by Gasteiger charge is -2.02. The van der Waals surface area contributed by atoms with Gasteiger partial charge in [-0.3, -0.25) is 10.1 Å². The highest BCUT2D eigenvalue weighted by Gasteiger charge is 2.15. The number of methoxy groups -OCH3 is 1. The molecule has 1 N–H and O–H groups in total. The van der Waals surface area contributed by atoms with Gasteiger partial charge in [-0.1, -0.05) is 17.4 Å². The fourth-order valence-electron chi connectivity index (χ4n) is 2.13. The van der Waals surface area contributed by atoms with Crippen molar-refractivity contribution in [2.75, 3.05) is 12.4 Å². The van der Waals surface area contributed by atoms with Gasteiger partial charge in [0.1, 0.15) is 11.3 Å². The Labute approximate surface area is 134 Å². The van der Waals surface area contributed by atoms with E-state index in [0.29, 0.717) is 16.4 Å². The van der Waals surface area contributed by atoms with Crippen molar-refractivity contribution in [1.29, 1.82) is 0 Å². The monoisotopic (exact) mass is 334 g/mol. The van der Waals surface area contributed by atoms with Crippen molar-refractivity contribution in [2.24, 2.45) is 0 Å². The number of benzene rings is 2. The van der Waals surface area contributed by atoms with Crippen molar-refractivity contribution in [3.63, 3.8) is 0 Å².